The summed E-state index contributed by atoms with van der Waals surface area (Å²) < 4.78 is 3.65. The van der Waals surface area contributed by atoms with Gasteiger partial charge in [0.15, 0.2) is 0 Å². The minimum atomic E-state index is -0.922. The second-order valence-electron chi connectivity index (χ2n) is 2.66. The summed E-state index contributed by atoms with van der Waals surface area (Å²) >= 11 is 1.35. The fourth-order valence-electron chi connectivity index (χ4n) is 0.868. The van der Waals surface area contributed by atoms with Gasteiger partial charge in [-0.3, -0.25) is 0 Å². The van der Waals surface area contributed by atoms with Crippen molar-refractivity contribution >= 4 is 23.6 Å². The van der Waals surface area contributed by atoms with Gasteiger partial charge in [-0.05, 0) is 23.2 Å². The lowest BCUT2D eigenvalue weighted by atomic mass is 10.2. The second kappa shape index (κ2) is 7.30. The molecule has 5 heteroatoms. The third-order valence-electron chi connectivity index (χ3n) is 1.50. The van der Waals surface area contributed by atoms with E-state index in [-0.39, 0.29) is 0 Å². The van der Waals surface area contributed by atoms with Gasteiger partial charge in [-0.2, -0.15) is 4.37 Å². The van der Waals surface area contributed by atoms with Gasteiger partial charge in [0, 0.05) is 6.08 Å². The van der Waals surface area contributed by atoms with Crippen LogP contribution in [-0.4, -0.2) is 20.4 Å². The van der Waals surface area contributed by atoms with Gasteiger partial charge in [0.25, 0.3) is 0 Å². The molecule has 1 heterocycles. The molecule has 0 fully saturated rings. The largest absolute Gasteiger partial charge is 0.478 e. The Morgan fingerprint density at radius 2 is 2.06 bits per heavy atom. The molecule has 0 bridgehead atoms. The van der Waals surface area contributed by atoms with Gasteiger partial charge in [-0.25, -0.2) is 9.78 Å². The molecule has 0 saturated heterocycles. The van der Waals surface area contributed by atoms with Crippen molar-refractivity contribution in [2.75, 3.05) is 0 Å². The number of carboxylic acid groups (broad SMARTS) is 1. The van der Waals surface area contributed by atoms with E-state index >= 15 is 0 Å². The Morgan fingerprint density at radius 3 is 2.50 bits per heavy atom. The highest BCUT2D eigenvalue weighted by molar-refractivity contribution is 7.03. The maximum absolute atomic E-state index is 10.1. The average molecular weight is 234 g/mol. The number of hydrogen-bond acceptors (Lipinski definition) is 4. The van der Waals surface area contributed by atoms with Crippen LogP contribution in [0.4, 0.5) is 0 Å². The maximum atomic E-state index is 10.1. The minimum Gasteiger partial charge on any atom is -0.478 e. The van der Waals surface area contributed by atoms with Crippen molar-refractivity contribution in [3.63, 3.8) is 0 Å². The molecule has 2 rings (SSSR count). The monoisotopic (exact) mass is 234 g/mol. The van der Waals surface area contributed by atoms with E-state index in [2.05, 4.69) is 9.36 Å². The molecule has 0 aliphatic carbocycles. The fraction of sp³-hybridized carbons (Fsp3) is 0. The van der Waals surface area contributed by atoms with Crippen LogP contribution in [0.15, 0.2) is 48.2 Å². The molecule has 0 aliphatic rings. The van der Waals surface area contributed by atoms with E-state index in [0.29, 0.717) is 0 Å². The molecular formula is C11H10N2O2S. The summed E-state index contributed by atoms with van der Waals surface area (Å²) in [5, 5.41) is 8.29. The number of nitrogens with zero attached hydrogens (tertiary/aromatic N) is 2. The molecular weight excluding hydrogens is 224 g/mol. The lowest BCUT2D eigenvalue weighted by Gasteiger charge is -1.87. The van der Waals surface area contributed by atoms with E-state index in [1.165, 1.54) is 17.9 Å². The summed E-state index contributed by atoms with van der Waals surface area (Å²) in [6, 6.07) is 9.31. The minimum absolute atomic E-state index is 0.898. The Balaban J connectivity index is 0.000000212. The zero-order valence-corrected chi connectivity index (χ0v) is 9.17. The van der Waals surface area contributed by atoms with Crippen molar-refractivity contribution < 1.29 is 9.90 Å². The van der Waals surface area contributed by atoms with Crippen molar-refractivity contribution in [1.29, 1.82) is 0 Å². The summed E-state index contributed by atoms with van der Waals surface area (Å²) in [4.78, 5) is 13.7. The molecule has 82 valence electrons. The normalized spacial score (nSPS) is 9.50. The highest BCUT2D eigenvalue weighted by Gasteiger charge is 1.85. The van der Waals surface area contributed by atoms with Crippen LogP contribution in [0.5, 0.6) is 0 Å². The first-order chi connectivity index (χ1) is 7.79. The Kier molecular flexibility index (Phi) is 5.51. The number of carboxylic acids is 1. The van der Waals surface area contributed by atoms with Crippen LogP contribution in [0.1, 0.15) is 5.56 Å². The number of carbonyl (C=O) groups is 1. The Hall–Kier alpha value is -2.01. The van der Waals surface area contributed by atoms with Gasteiger partial charge in [0.05, 0.1) is 0 Å². The lowest BCUT2D eigenvalue weighted by Crippen LogP contribution is -1.85. The maximum Gasteiger partial charge on any atom is 0.328 e. The predicted molar refractivity (Wildman–Crippen MR) is 63.0 cm³/mol. The Labute approximate surface area is 97.1 Å². The predicted octanol–water partition coefficient (Wildman–Crippen LogP) is 2.32. The van der Waals surface area contributed by atoms with Gasteiger partial charge >= 0.3 is 5.97 Å². The highest BCUT2D eigenvalue weighted by Crippen LogP contribution is 1.99. The van der Waals surface area contributed by atoms with Crippen LogP contribution in [0.3, 0.4) is 0 Å². The van der Waals surface area contributed by atoms with Crippen LogP contribution in [0.25, 0.3) is 6.08 Å². The highest BCUT2D eigenvalue weighted by atomic mass is 32.1. The smallest absolute Gasteiger partial charge is 0.328 e. The van der Waals surface area contributed by atoms with Crippen LogP contribution >= 0.6 is 11.5 Å². The zero-order valence-electron chi connectivity index (χ0n) is 8.35. The van der Waals surface area contributed by atoms with E-state index in [4.69, 9.17) is 5.11 Å². The van der Waals surface area contributed by atoms with Crippen molar-refractivity contribution in [2.24, 2.45) is 0 Å². The molecule has 16 heavy (non-hydrogen) atoms. The van der Waals surface area contributed by atoms with Crippen molar-refractivity contribution in [1.82, 2.24) is 9.36 Å². The summed E-state index contributed by atoms with van der Waals surface area (Å²) in [7, 11) is 0. The third-order valence-corrected chi connectivity index (χ3v) is 1.93. The molecule has 0 spiro atoms. The quantitative estimate of drug-likeness (QED) is 0.810. The van der Waals surface area contributed by atoms with Crippen molar-refractivity contribution in [3.8, 4) is 0 Å². The Bertz CT molecular complexity index is 409. The molecule has 4 nitrogen and oxygen atoms in total. The topological polar surface area (TPSA) is 63.1 Å². The number of aliphatic carboxylic acids is 1. The third kappa shape index (κ3) is 5.66. The van der Waals surface area contributed by atoms with Crippen LogP contribution in [0.2, 0.25) is 0 Å². The van der Waals surface area contributed by atoms with E-state index < -0.39 is 5.97 Å². The molecule has 1 N–H and O–H groups in total. The van der Waals surface area contributed by atoms with E-state index in [9.17, 15) is 4.79 Å². The molecule has 0 amide bonds. The lowest BCUT2D eigenvalue weighted by molar-refractivity contribution is -0.131. The van der Waals surface area contributed by atoms with Crippen LogP contribution < -0.4 is 0 Å². The van der Waals surface area contributed by atoms with Gasteiger partial charge in [0.1, 0.15) is 11.8 Å². The first-order valence-electron chi connectivity index (χ1n) is 4.44. The Morgan fingerprint density at radius 1 is 1.31 bits per heavy atom. The molecule has 0 radical (unpaired) electrons. The number of aromatic nitrogens is 2. The summed E-state index contributed by atoms with van der Waals surface area (Å²) in [5.74, 6) is -0.922. The van der Waals surface area contributed by atoms with Gasteiger partial charge < -0.3 is 5.11 Å². The molecule has 1 aromatic carbocycles. The standard InChI is InChI=1S/C9H8O2.C2H2N2S/c10-9(11)7-6-8-4-2-1-3-5-8;1-3-2-5-4-1/h1-7H,(H,10,11);1-2H. The van der Waals surface area contributed by atoms with E-state index in [1.807, 2.05) is 30.3 Å². The molecule has 1 aromatic heterocycles. The van der Waals surface area contributed by atoms with Crippen LogP contribution in [0, 0.1) is 0 Å². The summed E-state index contributed by atoms with van der Waals surface area (Å²) in [6.07, 6.45) is 4.20. The summed E-state index contributed by atoms with van der Waals surface area (Å²) in [6.45, 7) is 0. The molecule has 0 unspecified atom stereocenters. The SMILES string of the molecule is O=C(O)C=Cc1ccccc1.c1ncsn1. The molecule has 2 aromatic rings. The molecule has 0 saturated carbocycles. The molecule has 0 atom stereocenters. The van der Waals surface area contributed by atoms with Gasteiger partial charge in [-0.1, -0.05) is 30.3 Å². The first kappa shape index (κ1) is 12.1. The fourth-order valence-corrected chi connectivity index (χ4v) is 1.14. The van der Waals surface area contributed by atoms with Gasteiger partial charge in [0.2, 0.25) is 0 Å². The zero-order chi connectivity index (χ0) is 11.6. The second-order valence-corrected chi connectivity index (χ2v) is 3.30. The molecule has 0 aliphatic heterocycles. The van der Waals surface area contributed by atoms with E-state index in [0.717, 1.165) is 11.6 Å². The van der Waals surface area contributed by atoms with Crippen molar-refractivity contribution in [3.05, 3.63) is 53.8 Å². The first-order valence-corrected chi connectivity index (χ1v) is 5.28. The van der Waals surface area contributed by atoms with Crippen molar-refractivity contribution in [2.45, 2.75) is 0 Å². The van der Waals surface area contributed by atoms with E-state index in [1.54, 1.807) is 11.6 Å². The average Bonchev–Trinajstić information content (AvgIpc) is 2.86. The number of rotatable bonds is 2. The summed E-state index contributed by atoms with van der Waals surface area (Å²) in [5.41, 5.74) is 2.58. The van der Waals surface area contributed by atoms with Crippen LogP contribution in [-0.2, 0) is 4.79 Å². The number of benzene rings is 1. The number of hydrogen-bond donors (Lipinski definition) is 1. The van der Waals surface area contributed by atoms with Gasteiger partial charge in [-0.15, -0.1) is 0 Å².